The number of nitrogens with two attached hydrogens (primary N) is 1. The zero-order valence-electron chi connectivity index (χ0n) is 8.47. The summed E-state index contributed by atoms with van der Waals surface area (Å²) in [6.07, 6.45) is 3.92. The van der Waals surface area contributed by atoms with Gasteiger partial charge in [0.2, 0.25) is 0 Å². The third-order valence-electron chi connectivity index (χ3n) is 2.33. The summed E-state index contributed by atoms with van der Waals surface area (Å²) in [5, 5.41) is 0. The lowest BCUT2D eigenvalue weighted by Gasteiger charge is -2.13. The maximum atomic E-state index is 11.5. The van der Waals surface area contributed by atoms with Gasteiger partial charge in [-0.1, -0.05) is 33.6 Å². The highest BCUT2D eigenvalue weighted by Gasteiger charge is 2.17. The maximum absolute atomic E-state index is 11.5. The van der Waals surface area contributed by atoms with Gasteiger partial charge in [-0.05, 0) is 12.8 Å². The summed E-state index contributed by atoms with van der Waals surface area (Å²) in [4.78, 5) is 11.5. The van der Waals surface area contributed by atoms with Crippen molar-refractivity contribution in [2.24, 2.45) is 11.7 Å². The van der Waals surface area contributed by atoms with E-state index in [1.54, 1.807) is 0 Å². The van der Waals surface area contributed by atoms with Crippen molar-refractivity contribution in [1.29, 1.82) is 0 Å². The molecule has 2 unspecified atom stereocenters. The number of ketones is 1. The molecular formula is C10H21NO. The van der Waals surface area contributed by atoms with Gasteiger partial charge in [0, 0.05) is 5.92 Å². The van der Waals surface area contributed by atoms with Gasteiger partial charge in [0.05, 0.1) is 6.04 Å². The summed E-state index contributed by atoms with van der Waals surface area (Å²) in [7, 11) is 0. The van der Waals surface area contributed by atoms with Crippen molar-refractivity contribution in [3.63, 3.8) is 0 Å². The first kappa shape index (κ1) is 11.6. The van der Waals surface area contributed by atoms with Crippen LogP contribution in [0.15, 0.2) is 0 Å². The average Bonchev–Trinajstić information content (AvgIpc) is 2.11. The van der Waals surface area contributed by atoms with Crippen molar-refractivity contribution < 1.29 is 4.79 Å². The van der Waals surface area contributed by atoms with Crippen LogP contribution in [0.2, 0.25) is 0 Å². The maximum Gasteiger partial charge on any atom is 0.152 e. The molecule has 0 saturated carbocycles. The molecule has 0 aromatic carbocycles. The Balaban J connectivity index is 3.75. The number of carbonyl (C=O) groups is 1. The molecule has 0 aromatic rings. The van der Waals surface area contributed by atoms with Crippen molar-refractivity contribution in [3.8, 4) is 0 Å². The number of unbranched alkanes of at least 4 members (excludes halogenated alkanes) is 1. The van der Waals surface area contributed by atoms with Crippen LogP contribution in [0.1, 0.15) is 46.5 Å². The Kier molecular flexibility index (Phi) is 5.99. The predicted octanol–water partition coefficient (Wildman–Crippen LogP) is 2.12. The summed E-state index contributed by atoms with van der Waals surface area (Å²) in [5.41, 5.74) is 5.73. The molecule has 0 amide bonds. The molecule has 12 heavy (non-hydrogen) atoms. The zero-order chi connectivity index (χ0) is 9.56. The van der Waals surface area contributed by atoms with Gasteiger partial charge in [0.25, 0.3) is 0 Å². The van der Waals surface area contributed by atoms with Gasteiger partial charge in [-0.15, -0.1) is 0 Å². The molecule has 2 nitrogen and oxygen atoms in total. The molecule has 2 N–H and O–H groups in total. The van der Waals surface area contributed by atoms with E-state index in [-0.39, 0.29) is 17.7 Å². The van der Waals surface area contributed by atoms with Gasteiger partial charge in [0.15, 0.2) is 5.78 Å². The van der Waals surface area contributed by atoms with Crippen LogP contribution in [0.5, 0.6) is 0 Å². The van der Waals surface area contributed by atoms with E-state index in [2.05, 4.69) is 6.92 Å². The Labute approximate surface area is 75.5 Å². The molecule has 0 aliphatic heterocycles. The molecule has 0 aromatic heterocycles. The van der Waals surface area contributed by atoms with Crippen LogP contribution >= 0.6 is 0 Å². The molecule has 0 spiro atoms. The fourth-order valence-corrected chi connectivity index (χ4v) is 1.13. The third-order valence-corrected chi connectivity index (χ3v) is 2.33. The quantitative estimate of drug-likeness (QED) is 0.665. The minimum atomic E-state index is -0.222. The van der Waals surface area contributed by atoms with Gasteiger partial charge in [-0.3, -0.25) is 4.79 Å². The number of carbonyl (C=O) groups excluding carboxylic acids is 1. The fourth-order valence-electron chi connectivity index (χ4n) is 1.13. The zero-order valence-corrected chi connectivity index (χ0v) is 8.47. The summed E-state index contributed by atoms with van der Waals surface area (Å²) < 4.78 is 0. The first-order chi connectivity index (χ1) is 5.63. The lowest BCUT2D eigenvalue weighted by molar-refractivity contribution is -0.123. The van der Waals surface area contributed by atoms with Gasteiger partial charge < -0.3 is 5.73 Å². The molecule has 0 aliphatic rings. The van der Waals surface area contributed by atoms with Crippen LogP contribution in [-0.2, 0) is 4.79 Å². The Bertz CT molecular complexity index is 134. The summed E-state index contributed by atoms with van der Waals surface area (Å²) >= 11 is 0. The Morgan fingerprint density at radius 1 is 1.42 bits per heavy atom. The average molecular weight is 171 g/mol. The van der Waals surface area contributed by atoms with Crippen LogP contribution in [-0.4, -0.2) is 11.8 Å². The molecule has 0 heterocycles. The molecule has 72 valence electrons. The lowest BCUT2D eigenvalue weighted by atomic mass is 9.95. The highest BCUT2D eigenvalue weighted by Crippen LogP contribution is 2.08. The molecule has 2 atom stereocenters. The SMILES string of the molecule is CCCCC(N)C(=O)C(C)CC. The summed E-state index contributed by atoms with van der Waals surface area (Å²) in [6, 6.07) is -0.222. The van der Waals surface area contributed by atoms with E-state index in [1.807, 2.05) is 13.8 Å². The van der Waals surface area contributed by atoms with E-state index in [0.29, 0.717) is 0 Å². The van der Waals surface area contributed by atoms with Crippen molar-refractivity contribution in [1.82, 2.24) is 0 Å². The standard InChI is InChI=1S/C10H21NO/c1-4-6-7-9(11)10(12)8(3)5-2/h8-9H,4-7,11H2,1-3H3. The van der Waals surface area contributed by atoms with Crippen LogP contribution in [0, 0.1) is 5.92 Å². The van der Waals surface area contributed by atoms with Crippen LogP contribution < -0.4 is 5.73 Å². The van der Waals surface area contributed by atoms with E-state index in [9.17, 15) is 4.79 Å². The highest BCUT2D eigenvalue weighted by atomic mass is 16.1. The number of hydrogen-bond donors (Lipinski definition) is 1. The van der Waals surface area contributed by atoms with E-state index >= 15 is 0 Å². The predicted molar refractivity (Wildman–Crippen MR) is 52.0 cm³/mol. The van der Waals surface area contributed by atoms with E-state index in [0.717, 1.165) is 25.7 Å². The third kappa shape index (κ3) is 3.86. The normalized spacial score (nSPS) is 15.7. The van der Waals surface area contributed by atoms with E-state index < -0.39 is 0 Å². The monoisotopic (exact) mass is 171 g/mol. The van der Waals surface area contributed by atoms with E-state index in [4.69, 9.17) is 5.73 Å². The van der Waals surface area contributed by atoms with Crippen LogP contribution in [0.4, 0.5) is 0 Å². The largest absolute Gasteiger partial charge is 0.321 e. The van der Waals surface area contributed by atoms with Gasteiger partial charge >= 0.3 is 0 Å². The van der Waals surface area contributed by atoms with Gasteiger partial charge in [0.1, 0.15) is 0 Å². The Morgan fingerprint density at radius 3 is 2.42 bits per heavy atom. The number of hydrogen-bond acceptors (Lipinski definition) is 2. The molecule has 0 radical (unpaired) electrons. The Morgan fingerprint density at radius 2 is 2.00 bits per heavy atom. The summed E-state index contributed by atoms with van der Waals surface area (Å²) in [5.74, 6) is 0.364. The van der Waals surface area contributed by atoms with Crippen molar-refractivity contribution >= 4 is 5.78 Å². The van der Waals surface area contributed by atoms with Gasteiger partial charge in [-0.2, -0.15) is 0 Å². The fraction of sp³-hybridized carbons (Fsp3) is 0.900. The van der Waals surface area contributed by atoms with Crippen molar-refractivity contribution in [2.75, 3.05) is 0 Å². The van der Waals surface area contributed by atoms with Crippen molar-refractivity contribution in [3.05, 3.63) is 0 Å². The molecule has 0 bridgehead atoms. The second-order valence-electron chi connectivity index (χ2n) is 3.46. The molecular weight excluding hydrogens is 150 g/mol. The highest BCUT2D eigenvalue weighted by molar-refractivity contribution is 5.85. The second kappa shape index (κ2) is 6.18. The molecule has 0 fully saturated rings. The number of Topliss-reactive ketones (excluding diaryl/α,β-unsaturated/α-hetero) is 1. The van der Waals surface area contributed by atoms with Crippen LogP contribution in [0.3, 0.4) is 0 Å². The number of rotatable bonds is 6. The first-order valence-corrected chi connectivity index (χ1v) is 4.92. The molecule has 0 rings (SSSR count). The minimum Gasteiger partial charge on any atom is -0.321 e. The molecule has 0 aliphatic carbocycles. The smallest absolute Gasteiger partial charge is 0.152 e. The van der Waals surface area contributed by atoms with Crippen molar-refractivity contribution in [2.45, 2.75) is 52.5 Å². The Hall–Kier alpha value is -0.370. The van der Waals surface area contributed by atoms with Crippen LogP contribution in [0.25, 0.3) is 0 Å². The second-order valence-corrected chi connectivity index (χ2v) is 3.46. The lowest BCUT2D eigenvalue weighted by Crippen LogP contribution is -2.34. The topological polar surface area (TPSA) is 43.1 Å². The van der Waals surface area contributed by atoms with Gasteiger partial charge in [-0.25, -0.2) is 0 Å². The van der Waals surface area contributed by atoms with E-state index in [1.165, 1.54) is 0 Å². The summed E-state index contributed by atoms with van der Waals surface area (Å²) in [6.45, 7) is 6.09. The molecule has 2 heteroatoms. The molecule has 0 saturated heterocycles. The first-order valence-electron chi connectivity index (χ1n) is 4.92. The minimum absolute atomic E-state index is 0.136.